The predicted octanol–water partition coefficient (Wildman–Crippen LogP) is 2.95. The zero-order valence-electron chi connectivity index (χ0n) is 12.8. The van der Waals surface area contributed by atoms with Crippen LogP contribution in [0.2, 0.25) is 0 Å². The van der Waals surface area contributed by atoms with E-state index in [1.807, 2.05) is 0 Å². The van der Waals surface area contributed by atoms with Gasteiger partial charge in [0.05, 0.1) is 6.54 Å². The zero-order chi connectivity index (χ0) is 14.6. The highest BCUT2D eigenvalue weighted by molar-refractivity contribution is 7.10. The summed E-state index contributed by atoms with van der Waals surface area (Å²) in [5.41, 5.74) is 1.06. The van der Waals surface area contributed by atoms with Crippen LogP contribution in [0.5, 0.6) is 0 Å². The van der Waals surface area contributed by atoms with Gasteiger partial charge < -0.3 is 10.6 Å². The average molecular weight is 294 g/mol. The van der Waals surface area contributed by atoms with Crippen molar-refractivity contribution >= 4 is 17.2 Å². The third kappa shape index (κ3) is 3.41. The first-order valence-electron chi connectivity index (χ1n) is 7.60. The minimum absolute atomic E-state index is 0.182. The number of carbonyl (C=O) groups excluding carboxylic acids is 1. The van der Waals surface area contributed by atoms with Gasteiger partial charge in [0.25, 0.3) is 0 Å². The lowest BCUT2D eigenvalue weighted by Crippen LogP contribution is -2.47. The van der Waals surface area contributed by atoms with Gasteiger partial charge >= 0.3 is 0 Å². The molecule has 0 spiro atoms. The molecule has 1 aromatic heterocycles. The SMILES string of the molecule is CCc1ccsc1CNC(=O)C(C)(C)C1CCCNC1. The van der Waals surface area contributed by atoms with Crippen LogP contribution < -0.4 is 10.6 Å². The van der Waals surface area contributed by atoms with E-state index in [1.165, 1.54) is 16.9 Å². The molecule has 1 aliphatic rings. The monoisotopic (exact) mass is 294 g/mol. The van der Waals surface area contributed by atoms with E-state index in [0.29, 0.717) is 12.5 Å². The number of thiophene rings is 1. The first-order chi connectivity index (χ1) is 9.55. The molecule has 3 nitrogen and oxygen atoms in total. The van der Waals surface area contributed by atoms with Crippen molar-refractivity contribution < 1.29 is 4.79 Å². The van der Waals surface area contributed by atoms with Gasteiger partial charge in [-0.05, 0) is 55.3 Å². The Morgan fingerprint density at radius 2 is 2.35 bits per heavy atom. The summed E-state index contributed by atoms with van der Waals surface area (Å²) in [4.78, 5) is 13.8. The molecule has 1 saturated heterocycles. The number of nitrogens with one attached hydrogen (secondary N) is 2. The van der Waals surface area contributed by atoms with E-state index in [2.05, 4.69) is 42.9 Å². The van der Waals surface area contributed by atoms with E-state index in [-0.39, 0.29) is 11.3 Å². The molecular weight excluding hydrogens is 268 g/mol. The molecular formula is C16H26N2OS. The van der Waals surface area contributed by atoms with Crippen molar-refractivity contribution in [3.63, 3.8) is 0 Å². The Balaban J connectivity index is 1.93. The lowest BCUT2D eigenvalue weighted by atomic mass is 9.74. The summed E-state index contributed by atoms with van der Waals surface area (Å²) in [5, 5.41) is 8.65. The van der Waals surface area contributed by atoms with Crippen molar-refractivity contribution in [1.29, 1.82) is 0 Å². The van der Waals surface area contributed by atoms with Crippen LogP contribution in [-0.2, 0) is 17.8 Å². The molecule has 2 rings (SSSR count). The number of carbonyl (C=O) groups is 1. The zero-order valence-corrected chi connectivity index (χ0v) is 13.6. The molecule has 112 valence electrons. The van der Waals surface area contributed by atoms with Crippen molar-refractivity contribution in [1.82, 2.24) is 10.6 Å². The second-order valence-electron chi connectivity index (χ2n) is 6.17. The van der Waals surface area contributed by atoms with Gasteiger partial charge in [0.15, 0.2) is 0 Å². The molecule has 1 unspecified atom stereocenters. The molecule has 2 N–H and O–H groups in total. The molecule has 1 aromatic rings. The summed E-state index contributed by atoms with van der Waals surface area (Å²) in [5.74, 6) is 0.617. The third-order valence-corrected chi connectivity index (χ3v) is 5.49. The first kappa shape index (κ1) is 15.5. The molecule has 1 atom stereocenters. The summed E-state index contributed by atoms with van der Waals surface area (Å²) in [6, 6.07) is 2.16. The number of rotatable bonds is 5. The minimum Gasteiger partial charge on any atom is -0.351 e. The summed E-state index contributed by atoms with van der Waals surface area (Å²) in [6.07, 6.45) is 3.35. The Kier molecular flexibility index (Phi) is 5.22. The minimum atomic E-state index is -0.295. The van der Waals surface area contributed by atoms with Crippen molar-refractivity contribution in [3.8, 4) is 0 Å². The molecule has 20 heavy (non-hydrogen) atoms. The van der Waals surface area contributed by atoms with E-state index < -0.39 is 0 Å². The number of aryl methyl sites for hydroxylation is 1. The average Bonchev–Trinajstić information content (AvgIpc) is 2.93. The third-order valence-electron chi connectivity index (χ3n) is 4.53. The van der Waals surface area contributed by atoms with E-state index in [0.717, 1.165) is 25.9 Å². The Morgan fingerprint density at radius 3 is 3.00 bits per heavy atom. The second-order valence-corrected chi connectivity index (χ2v) is 7.17. The smallest absolute Gasteiger partial charge is 0.226 e. The summed E-state index contributed by atoms with van der Waals surface area (Å²) >= 11 is 1.74. The molecule has 0 saturated carbocycles. The lowest BCUT2D eigenvalue weighted by molar-refractivity contribution is -0.132. The van der Waals surface area contributed by atoms with Gasteiger partial charge in [-0.15, -0.1) is 11.3 Å². The maximum Gasteiger partial charge on any atom is 0.226 e. The second kappa shape index (κ2) is 6.72. The highest BCUT2D eigenvalue weighted by atomic mass is 32.1. The van der Waals surface area contributed by atoms with Crippen LogP contribution in [0.25, 0.3) is 0 Å². The van der Waals surface area contributed by atoms with Crippen molar-refractivity contribution in [3.05, 3.63) is 21.9 Å². The van der Waals surface area contributed by atoms with Crippen molar-refractivity contribution in [2.45, 2.75) is 46.6 Å². The van der Waals surface area contributed by atoms with Gasteiger partial charge in [-0.25, -0.2) is 0 Å². The number of piperidine rings is 1. The molecule has 0 bridgehead atoms. The quantitative estimate of drug-likeness (QED) is 0.876. The molecule has 0 aliphatic carbocycles. The summed E-state index contributed by atoms with van der Waals surface area (Å²) in [7, 11) is 0. The fourth-order valence-electron chi connectivity index (χ4n) is 2.88. The highest BCUT2D eigenvalue weighted by Gasteiger charge is 2.37. The molecule has 1 aliphatic heterocycles. The van der Waals surface area contributed by atoms with E-state index in [4.69, 9.17) is 0 Å². The van der Waals surface area contributed by atoms with E-state index in [1.54, 1.807) is 11.3 Å². The van der Waals surface area contributed by atoms with E-state index in [9.17, 15) is 4.79 Å². The van der Waals surface area contributed by atoms with Crippen LogP contribution in [0.4, 0.5) is 0 Å². The fraction of sp³-hybridized carbons (Fsp3) is 0.688. The number of amides is 1. The Morgan fingerprint density at radius 1 is 1.55 bits per heavy atom. The lowest BCUT2D eigenvalue weighted by Gasteiger charge is -2.36. The standard InChI is InChI=1S/C16H26N2OS/c1-4-12-7-9-20-14(12)11-18-15(19)16(2,3)13-6-5-8-17-10-13/h7,9,13,17H,4-6,8,10-11H2,1-3H3,(H,18,19). The van der Waals surface area contributed by atoms with E-state index >= 15 is 0 Å². The molecule has 0 aromatic carbocycles. The summed E-state index contributed by atoms with van der Waals surface area (Å²) < 4.78 is 0. The normalized spacial score (nSPS) is 19.9. The predicted molar refractivity (Wildman–Crippen MR) is 84.9 cm³/mol. The summed E-state index contributed by atoms with van der Waals surface area (Å²) in [6.45, 7) is 9.03. The molecule has 4 heteroatoms. The first-order valence-corrected chi connectivity index (χ1v) is 8.48. The van der Waals surface area contributed by atoms with Gasteiger partial charge in [-0.3, -0.25) is 4.79 Å². The Hall–Kier alpha value is -0.870. The van der Waals surface area contributed by atoms with Crippen LogP contribution in [0.1, 0.15) is 44.1 Å². The Bertz CT molecular complexity index is 447. The van der Waals surface area contributed by atoms with Gasteiger partial charge in [0.1, 0.15) is 0 Å². The molecule has 2 heterocycles. The highest BCUT2D eigenvalue weighted by Crippen LogP contribution is 2.32. The van der Waals surface area contributed by atoms with Gasteiger partial charge in [-0.2, -0.15) is 0 Å². The molecule has 0 radical (unpaired) electrons. The van der Waals surface area contributed by atoms with Crippen LogP contribution in [0.3, 0.4) is 0 Å². The largest absolute Gasteiger partial charge is 0.351 e. The maximum absolute atomic E-state index is 12.5. The molecule has 1 amide bonds. The maximum atomic E-state index is 12.5. The number of hydrogen-bond donors (Lipinski definition) is 2. The van der Waals surface area contributed by atoms with Gasteiger partial charge in [0.2, 0.25) is 5.91 Å². The van der Waals surface area contributed by atoms with Crippen LogP contribution in [-0.4, -0.2) is 19.0 Å². The van der Waals surface area contributed by atoms with Gasteiger partial charge in [0, 0.05) is 10.3 Å². The fourth-order valence-corrected chi connectivity index (χ4v) is 3.79. The number of hydrogen-bond acceptors (Lipinski definition) is 3. The van der Waals surface area contributed by atoms with Crippen LogP contribution in [0, 0.1) is 11.3 Å². The van der Waals surface area contributed by atoms with Crippen molar-refractivity contribution in [2.24, 2.45) is 11.3 Å². The topological polar surface area (TPSA) is 41.1 Å². The van der Waals surface area contributed by atoms with Gasteiger partial charge in [-0.1, -0.05) is 20.8 Å². The molecule has 1 fully saturated rings. The Labute approximate surface area is 126 Å². The van der Waals surface area contributed by atoms with Crippen molar-refractivity contribution in [2.75, 3.05) is 13.1 Å². The van der Waals surface area contributed by atoms with Crippen LogP contribution >= 0.6 is 11.3 Å². The van der Waals surface area contributed by atoms with Crippen LogP contribution in [0.15, 0.2) is 11.4 Å².